The molecule has 0 heterocycles. The van der Waals surface area contributed by atoms with Crippen LogP contribution in [0.5, 0.6) is 0 Å². The van der Waals surface area contributed by atoms with E-state index < -0.39 is 17.5 Å². The lowest BCUT2D eigenvalue weighted by Gasteiger charge is -2.06. The first-order chi connectivity index (χ1) is 8.97. The highest BCUT2D eigenvalue weighted by atomic mass is 32.2. The van der Waals surface area contributed by atoms with Gasteiger partial charge in [-0.2, -0.15) is 0 Å². The Balaban J connectivity index is 2.33. The van der Waals surface area contributed by atoms with Crippen molar-refractivity contribution in [1.29, 1.82) is 0 Å². The molecule has 0 aliphatic rings. The lowest BCUT2D eigenvalue weighted by Crippen LogP contribution is -1.94. The number of rotatable bonds is 3. The van der Waals surface area contributed by atoms with E-state index >= 15 is 0 Å². The number of Topliss-reactive ketones (excluding diaryl/α,β-unsaturated/α-hetero) is 1. The van der Waals surface area contributed by atoms with Gasteiger partial charge >= 0.3 is 0 Å². The highest BCUT2D eigenvalue weighted by Gasteiger charge is 2.11. The van der Waals surface area contributed by atoms with Gasteiger partial charge < -0.3 is 0 Å². The Hall–Kier alpha value is -1.75. The van der Waals surface area contributed by atoms with Crippen molar-refractivity contribution in [3.05, 3.63) is 59.4 Å². The Kier molecular flexibility index (Phi) is 3.95. The van der Waals surface area contributed by atoms with Gasteiger partial charge in [-0.15, -0.1) is 0 Å². The molecule has 98 valence electrons. The van der Waals surface area contributed by atoms with Crippen molar-refractivity contribution in [3.8, 4) is 0 Å². The summed E-state index contributed by atoms with van der Waals surface area (Å²) in [6.07, 6.45) is 0. The van der Waals surface area contributed by atoms with E-state index in [9.17, 15) is 18.0 Å². The van der Waals surface area contributed by atoms with Crippen LogP contribution in [0.2, 0.25) is 0 Å². The predicted octanol–water partition coefficient (Wildman–Crippen LogP) is 4.46. The second-order valence-electron chi connectivity index (χ2n) is 3.88. The highest BCUT2D eigenvalue weighted by molar-refractivity contribution is 7.99. The zero-order valence-corrected chi connectivity index (χ0v) is 10.7. The minimum atomic E-state index is -0.638. The van der Waals surface area contributed by atoms with Gasteiger partial charge in [-0.05, 0) is 37.3 Å². The van der Waals surface area contributed by atoms with E-state index in [1.807, 2.05) is 0 Å². The summed E-state index contributed by atoms with van der Waals surface area (Å²) in [7, 11) is 0. The molecule has 0 saturated carbocycles. The minimum absolute atomic E-state index is 0.00512. The summed E-state index contributed by atoms with van der Waals surface area (Å²) in [5, 5.41) is 0. The fraction of sp³-hybridized carbons (Fsp3) is 0.0714. The van der Waals surface area contributed by atoms with Gasteiger partial charge in [0.25, 0.3) is 0 Å². The van der Waals surface area contributed by atoms with E-state index in [-0.39, 0.29) is 21.1 Å². The molecule has 0 spiro atoms. The molecular formula is C14H9F3OS. The lowest BCUT2D eigenvalue weighted by atomic mass is 10.1. The van der Waals surface area contributed by atoms with Crippen molar-refractivity contribution in [1.82, 2.24) is 0 Å². The second kappa shape index (κ2) is 5.48. The molecule has 0 aliphatic heterocycles. The molecule has 0 radical (unpaired) electrons. The van der Waals surface area contributed by atoms with Crippen LogP contribution in [-0.4, -0.2) is 5.78 Å². The third kappa shape index (κ3) is 3.17. The van der Waals surface area contributed by atoms with Gasteiger partial charge in [0.15, 0.2) is 5.78 Å². The van der Waals surface area contributed by atoms with Crippen LogP contribution in [0.3, 0.4) is 0 Å². The summed E-state index contributed by atoms with van der Waals surface area (Å²) in [6, 6.07) is 6.89. The molecule has 2 rings (SSSR count). The van der Waals surface area contributed by atoms with Crippen molar-refractivity contribution >= 4 is 17.5 Å². The number of benzene rings is 2. The van der Waals surface area contributed by atoms with Crippen LogP contribution in [0, 0.1) is 17.5 Å². The van der Waals surface area contributed by atoms with Crippen LogP contribution >= 0.6 is 11.8 Å². The molecule has 5 heteroatoms. The first-order valence-corrected chi connectivity index (χ1v) is 6.22. The first kappa shape index (κ1) is 13.7. The molecule has 1 nitrogen and oxygen atoms in total. The Labute approximate surface area is 112 Å². The number of halogens is 3. The van der Waals surface area contributed by atoms with Gasteiger partial charge in [-0.3, -0.25) is 4.79 Å². The third-order valence-electron chi connectivity index (χ3n) is 2.45. The van der Waals surface area contributed by atoms with Gasteiger partial charge in [-0.1, -0.05) is 17.8 Å². The fourth-order valence-electron chi connectivity index (χ4n) is 1.48. The van der Waals surface area contributed by atoms with Crippen LogP contribution in [-0.2, 0) is 0 Å². The average molecular weight is 282 g/mol. The lowest BCUT2D eigenvalue weighted by molar-refractivity contribution is 0.101. The van der Waals surface area contributed by atoms with Gasteiger partial charge in [0.2, 0.25) is 0 Å². The number of hydrogen-bond donors (Lipinski definition) is 0. The second-order valence-corrected chi connectivity index (χ2v) is 4.96. The van der Waals surface area contributed by atoms with Gasteiger partial charge in [0, 0.05) is 10.5 Å². The van der Waals surface area contributed by atoms with E-state index in [0.717, 1.165) is 36.0 Å². The molecule has 0 atom stereocenters. The average Bonchev–Trinajstić information content (AvgIpc) is 2.36. The maximum atomic E-state index is 13.7. The summed E-state index contributed by atoms with van der Waals surface area (Å²) in [6.45, 7) is 1.33. The standard InChI is InChI=1S/C14H9F3OS/c1-8(18)9-2-5-13(12(17)6-9)19-14-7-10(15)3-4-11(14)16/h2-7H,1H3. The number of carbonyl (C=O) groups is 1. The highest BCUT2D eigenvalue weighted by Crippen LogP contribution is 2.32. The molecule has 0 fully saturated rings. The monoisotopic (exact) mass is 282 g/mol. The quantitative estimate of drug-likeness (QED) is 0.773. The Morgan fingerprint density at radius 3 is 2.32 bits per heavy atom. The Bertz CT molecular complexity index is 641. The normalized spacial score (nSPS) is 10.5. The topological polar surface area (TPSA) is 17.1 Å². The first-order valence-electron chi connectivity index (χ1n) is 5.41. The molecule has 0 saturated heterocycles. The molecule has 0 bridgehead atoms. The van der Waals surface area contributed by atoms with Crippen LogP contribution in [0.15, 0.2) is 46.2 Å². The number of ketones is 1. The molecule has 0 aromatic heterocycles. The molecule has 0 aliphatic carbocycles. The van der Waals surface area contributed by atoms with Crippen LogP contribution in [0.1, 0.15) is 17.3 Å². The third-order valence-corrected chi connectivity index (χ3v) is 3.54. The molecule has 0 amide bonds. The SMILES string of the molecule is CC(=O)c1ccc(Sc2cc(F)ccc2F)c(F)c1. The van der Waals surface area contributed by atoms with Crippen molar-refractivity contribution in [2.24, 2.45) is 0 Å². The van der Waals surface area contributed by atoms with E-state index in [1.54, 1.807) is 0 Å². The zero-order chi connectivity index (χ0) is 14.0. The van der Waals surface area contributed by atoms with Crippen molar-refractivity contribution < 1.29 is 18.0 Å². The molecule has 19 heavy (non-hydrogen) atoms. The molecule has 0 unspecified atom stereocenters. The Morgan fingerprint density at radius 2 is 1.68 bits per heavy atom. The maximum Gasteiger partial charge on any atom is 0.159 e. The van der Waals surface area contributed by atoms with Crippen molar-refractivity contribution in [3.63, 3.8) is 0 Å². The molecule has 0 N–H and O–H groups in total. The van der Waals surface area contributed by atoms with E-state index in [2.05, 4.69) is 0 Å². The molecule has 2 aromatic rings. The van der Waals surface area contributed by atoms with Crippen LogP contribution in [0.4, 0.5) is 13.2 Å². The predicted molar refractivity (Wildman–Crippen MR) is 66.9 cm³/mol. The Morgan fingerprint density at radius 1 is 0.947 bits per heavy atom. The largest absolute Gasteiger partial charge is 0.295 e. The van der Waals surface area contributed by atoms with E-state index in [0.29, 0.717) is 0 Å². The summed E-state index contributed by atoms with van der Waals surface area (Å²) in [4.78, 5) is 11.2. The summed E-state index contributed by atoms with van der Waals surface area (Å²) >= 11 is 0.774. The van der Waals surface area contributed by atoms with Crippen molar-refractivity contribution in [2.75, 3.05) is 0 Å². The smallest absolute Gasteiger partial charge is 0.159 e. The van der Waals surface area contributed by atoms with Gasteiger partial charge in [0.05, 0.1) is 4.90 Å². The fourth-order valence-corrected chi connectivity index (χ4v) is 2.34. The summed E-state index contributed by atoms with van der Waals surface area (Å²) in [5.41, 5.74) is 0.238. The zero-order valence-electron chi connectivity index (χ0n) is 9.91. The van der Waals surface area contributed by atoms with Crippen molar-refractivity contribution in [2.45, 2.75) is 16.7 Å². The van der Waals surface area contributed by atoms with Gasteiger partial charge in [0.1, 0.15) is 17.5 Å². The van der Waals surface area contributed by atoms with Gasteiger partial charge in [-0.25, -0.2) is 13.2 Å². The summed E-state index contributed by atoms with van der Waals surface area (Å²) in [5.74, 6) is -2.11. The summed E-state index contributed by atoms with van der Waals surface area (Å²) < 4.78 is 40.2. The number of hydrogen-bond acceptors (Lipinski definition) is 2. The van der Waals surface area contributed by atoms with Crippen LogP contribution in [0.25, 0.3) is 0 Å². The molecular weight excluding hydrogens is 273 g/mol. The van der Waals surface area contributed by atoms with E-state index in [1.165, 1.54) is 19.1 Å². The minimum Gasteiger partial charge on any atom is -0.295 e. The molecule has 2 aromatic carbocycles. The maximum absolute atomic E-state index is 13.7. The van der Waals surface area contributed by atoms with Crippen LogP contribution < -0.4 is 0 Å². The van der Waals surface area contributed by atoms with E-state index in [4.69, 9.17) is 0 Å². The number of carbonyl (C=O) groups excluding carboxylic acids is 1.